The fourth-order valence-electron chi connectivity index (χ4n) is 1.33. The molecule has 0 aromatic carbocycles. The van der Waals surface area contributed by atoms with Crippen LogP contribution in [0.4, 0.5) is 0 Å². The zero-order chi connectivity index (χ0) is 13.5. The summed E-state index contributed by atoms with van der Waals surface area (Å²) in [7, 11) is 0. The molecule has 96 valence electrons. The average Bonchev–Trinajstić information content (AvgIpc) is 2.27. The summed E-state index contributed by atoms with van der Waals surface area (Å²) in [6.45, 7) is 7.35. The van der Waals surface area contributed by atoms with Gasteiger partial charge in [-0.2, -0.15) is 5.26 Å². The number of amides is 1. The van der Waals surface area contributed by atoms with E-state index in [1.54, 1.807) is 20.8 Å². The zero-order valence-electron chi connectivity index (χ0n) is 10.9. The molecule has 0 unspecified atom stereocenters. The molecule has 0 atom stereocenters. The van der Waals surface area contributed by atoms with Gasteiger partial charge in [0.2, 0.25) is 5.91 Å². The van der Waals surface area contributed by atoms with E-state index in [0.717, 1.165) is 6.42 Å². The molecule has 0 aliphatic heterocycles. The SMILES string of the molecule is CCCN(CC(=O)OCC)C(=O)C(C)(C)C#N. The van der Waals surface area contributed by atoms with Gasteiger partial charge in [-0.3, -0.25) is 9.59 Å². The Labute approximate surface area is 102 Å². The smallest absolute Gasteiger partial charge is 0.325 e. The third-order valence-electron chi connectivity index (χ3n) is 2.22. The van der Waals surface area contributed by atoms with Crippen LogP contribution in [-0.4, -0.2) is 36.5 Å². The highest BCUT2D eigenvalue weighted by Crippen LogP contribution is 2.17. The molecular formula is C12H20N2O3. The summed E-state index contributed by atoms with van der Waals surface area (Å²) in [5, 5.41) is 8.91. The van der Waals surface area contributed by atoms with Gasteiger partial charge in [0.05, 0.1) is 12.7 Å². The van der Waals surface area contributed by atoms with E-state index >= 15 is 0 Å². The second-order valence-corrected chi connectivity index (χ2v) is 4.27. The molecule has 0 radical (unpaired) electrons. The maximum Gasteiger partial charge on any atom is 0.325 e. The first-order chi connectivity index (χ1) is 7.88. The second-order valence-electron chi connectivity index (χ2n) is 4.27. The Hall–Kier alpha value is -1.57. The number of nitrogens with zero attached hydrogens (tertiary/aromatic N) is 2. The minimum absolute atomic E-state index is 0.0916. The van der Waals surface area contributed by atoms with Crippen LogP contribution in [0.25, 0.3) is 0 Å². The molecule has 5 nitrogen and oxygen atoms in total. The van der Waals surface area contributed by atoms with Crippen molar-refractivity contribution in [3.05, 3.63) is 0 Å². The first kappa shape index (κ1) is 15.4. The minimum Gasteiger partial charge on any atom is -0.465 e. The van der Waals surface area contributed by atoms with Crippen LogP contribution < -0.4 is 0 Å². The van der Waals surface area contributed by atoms with Gasteiger partial charge in [-0.25, -0.2) is 0 Å². The molecule has 0 aliphatic carbocycles. The van der Waals surface area contributed by atoms with Crippen LogP contribution in [0.1, 0.15) is 34.1 Å². The zero-order valence-corrected chi connectivity index (χ0v) is 10.9. The maximum absolute atomic E-state index is 12.0. The lowest BCUT2D eigenvalue weighted by Crippen LogP contribution is -2.43. The molecule has 0 saturated heterocycles. The Kier molecular flexibility index (Phi) is 6.26. The van der Waals surface area contributed by atoms with E-state index in [9.17, 15) is 9.59 Å². The maximum atomic E-state index is 12.0. The molecule has 1 amide bonds. The van der Waals surface area contributed by atoms with Crippen molar-refractivity contribution in [1.82, 2.24) is 4.90 Å². The van der Waals surface area contributed by atoms with Crippen molar-refractivity contribution in [1.29, 1.82) is 5.26 Å². The van der Waals surface area contributed by atoms with Crippen LogP contribution in [0.15, 0.2) is 0 Å². The molecule has 0 rings (SSSR count). The number of hydrogen-bond donors (Lipinski definition) is 0. The summed E-state index contributed by atoms with van der Waals surface area (Å²) in [5.41, 5.74) is -1.11. The second kappa shape index (κ2) is 6.89. The van der Waals surface area contributed by atoms with Gasteiger partial charge in [0, 0.05) is 6.54 Å². The predicted molar refractivity (Wildman–Crippen MR) is 62.9 cm³/mol. The van der Waals surface area contributed by atoms with E-state index in [-0.39, 0.29) is 19.1 Å². The molecule has 0 bridgehead atoms. The van der Waals surface area contributed by atoms with Crippen molar-refractivity contribution in [2.24, 2.45) is 5.41 Å². The monoisotopic (exact) mass is 240 g/mol. The highest BCUT2D eigenvalue weighted by atomic mass is 16.5. The molecule has 0 saturated carbocycles. The summed E-state index contributed by atoms with van der Waals surface area (Å²) in [4.78, 5) is 24.7. The molecule has 5 heteroatoms. The lowest BCUT2D eigenvalue weighted by molar-refractivity contribution is -0.151. The highest BCUT2D eigenvalue weighted by molar-refractivity contribution is 5.87. The molecule has 0 spiro atoms. The van der Waals surface area contributed by atoms with Crippen molar-refractivity contribution in [3.63, 3.8) is 0 Å². The van der Waals surface area contributed by atoms with Crippen LogP contribution in [0.2, 0.25) is 0 Å². The predicted octanol–water partition coefficient (Wildman–Crippen LogP) is 1.34. The Morgan fingerprint density at radius 2 is 1.94 bits per heavy atom. The Morgan fingerprint density at radius 3 is 2.35 bits per heavy atom. The van der Waals surface area contributed by atoms with Gasteiger partial charge in [0.1, 0.15) is 12.0 Å². The fourth-order valence-corrected chi connectivity index (χ4v) is 1.33. The summed E-state index contributed by atoms with van der Waals surface area (Å²) in [6.07, 6.45) is 0.729. The first-order valence-corrected chi connectivity index (χ1v) is 5.75. The largest absolute Gasteiger partial charge is 0.465 e. The number of hydrogen-bond acceptors (Lipinski definition) is 4. The topological polar surface area (TPSA) is 70.4 Å². The van der Waals surface area contributed by atoms with E-state index in [4.69, 9.17) is 10.00 Å². The van der Waals surface area contributed by atoms with Gasteiger partial charge in [0.15, 0.2) is 0 Å². The molecule has 0 aromatic heterocycles. The lowest BCUT2D eigenvalue weighted by atomic mass is 9.93. The molecule has 17 heavy (non-hydrogen) atoms. The normalized spacial score (nSPS) is 10.5. The van der Waals surface area contributed by atoms with Gasteiger partial charge < -0.3 is 9.64 Å². The van der Waals surface area contributed by atoms with Crippen molar-refractivity contribution in [3.8, 4) is 6.07 Å². The highest BCUT2D eigenvalue weighted by Gasteiger charge is 2.32. The number of nitriles is 1. The molecule has 0 fully saturated rings. The summed E-state index contributed by atoms with van der Waals surface area (Å²) in [6, 6.07) is 1.94. The number of ether oxygens (including phenoxy) is 1. The number of rotatable bonds is 6. The minimum atomic E-state index is -1.11. The van der Waals surface area contributed by atoms with Crippen LogP contribution in [0, 0.1) is 16.7 Å². The van der Waals surface area contributed by atoms with Gasteiger partial charge in [-0.15, -0.1) is 0 Å². The van der Waals surface area contributed by atoms with Crippen LogP contribution in [0.3, 0.4) is 0 Å². The number of esters is 1. The summed E-state index contributed by atoms with van der Waals surface area (Å²) >= 11 is 0. The van der Waals surface area contributed by atoms with E-state index < -0.39 is 11.4 Å². The van der Waals surface area contributed by atoms with Crippen molar-refractivity contribution in [2.45, 2.75) is 34.1 Å². The molecule has 0 heterocycles. The molecule has 0 aromatic rings. The van der Waals surface area contributed by atoms with Crippen LogP contribution in [0.5, 0.6) is 0 Å². The third-order valence-corrected chi connectivity index (χ3v) is 2.22. The van der Waals surface area contributed by atoms with Crippen molar-refractivity contribution in [2.75, 3.05) is 19.7 Å². The number of carbonyl (C=O) groups excluding carboxylic acids is 2. The lowest BCUT2D eigenvalue weighted by Gasteiger charge is -2.26. The van der Waals surface area contributed by atoms with E-state index in [1.807, 2.05) is 13.0 Å². The van der Waals surface area contributed by atoms with Gasteiger partial charge in [0.25, 0.3) is 0 Å². The Morgan fingerprint density at radius 1 is 1.35 bits per heavy atom. The summed E-state index contributed by atoms with van der Waals surface area (Å²) in [5.74, 6) is -0.780. The quantitative estimate of drug-likeness (QED) is 0.657. The molecule has 0 aliphatic rings. The Bertz CT molecular complexity index is 318. The summed E-state index contributed by atoms with van der Waals surface area (Å²) < 4.78 is 4.80. The van der Waals surface area contributed by atoms with Crippen molar-refractivity contribution >= 4 is 11.9 Å². The fraction of sp³-hybridized carbons (Fsp3) is 0.750. The van der Waals surface area contributed by atoms with Gasteiger partial charge in [-0.1, -0.05) is 6.92 Å². The van der Waals surface area contributed by atoms with E-state index in [0.29, 0.717) is 6.54 Å². The van der Waals surface area contributed by atoms with Crippen LogP contribution in [-0.2, 0) is 14.3 Å². The third kappa shape index (κ3) is 4.85. The van der Waals surface area contributed by atoms with E-state index in [1.165, 1.54) is 4.90 Å². The van der Waals surface area contributed by atoms with Gasteiger partial charge >= 0.3 is 5.97 Å². The van der Waals surface area contributed by atoms with Gasteiger partial charge in [-0.05, 0) is 27.2 Å². The standard InChI is InChI=1S/C12H20N2O3/c1-5-7-14(8-10(15)17-6-2)11(16)12(3,4)9-13/h5-8H2,1-4H3. The Balaban J connectivity index is 4.69. The number of carbonyl (C=O) groups is 2. The van der Waals surface area contributed by atoms with Crippen molar-refractivity contribution < 1.29 is 14.3 Å². The average molecular weight is 240 g/mol. The van der Waals surface area contributed by atoms with E-state index in [2.05, 4.69) is 0 Å². The van der Waals surface area contributed by atoms with Crippen LogP contribution >= 0.6 is 0 Å². The first-order valence-electron chi connectivity index (χ1n) is 5.75. The molecule has 0 N–H and O–H groups in total. The molecular weight excluding hydrogens is 220 g/mol.